The van der Waals surface area contributed by atoms with Crippen LogP contribution in [0.2, 0.25) is 0 Å². The molecule has 1 aromatic heterocycles. The number of hydrogen-bond acceptors (Lipinski definition) is 5. The third kappa shape index (κ3) is 4.33. The Morgan fingerprint density at radius 3 is 2.37 bits per heavy atom. The van der Waals surface area contributed by atoms with Crippen LogP contribution in [0.15, 0.2) is 47.5 Å². The van der Waals surface area contributed by atoms with Crippen LogP contribution < -0.4 is 4.90 Å². The van der Waals surface area contributed by atoms with Gasteiger partial charge in [0.25, 0.3) is 0 Å². The van der Waals surface area contributed by atoms with Crippen molar-refractivity contribution in [3.05, 3.63) is 54.0 Å². The van der Waals surface area contributed by atoms with Gasteiger partial charge in [-0.3, -0.25) is 9.80 Å². The topological polar surface area (TPSA) is 73.8 Å². The normalized spacial score (nSPS) is 27.3. The van der Waals surface area contributed by atoms with Gasteiger partial charge in [0.05, 0.1) is 17.0 Å². The summed E-state index contributed by atoms with van der Waals surface area (Å²) in [5.41, 5.74) is 0.374. The lowest BCUT2D eigenvalue weighted by molar-refractivity contribution is 0.0248. The number of aromatic nitrogens is 1. The second-order valence-electron chi connectivity index (χ2n) is 10.7. The summed E-state index contributed by atoms with van der Waals surface area (Å²) < 4.78 is 37.8. The second kappa shape index (κ2) is 8.55. The molecule has 3 fully saturated rings. The zero-order valence-corrected chi connectivity index (χ0v) is 21.4. The molecule has 0 unspecified atom stereocenters. The van der Waals surface area contributed by atoms with Gasteiger partial charge in [0.15, 0.2) is 9.84 Å². The molecule has 188 valence electrons. The van der Waals surface area contributed by atoms with Crippen molar-refractivity contribution in [2.45, 2.75) is 54.5 Å². The summed E-state index contributed by atoms with van der Waals surface area (Å²) >= 11 is 0. The molecule has 3 aliphatic rings. The van der Waals surface area contributed by atoms with Gasteiger partial charge in [-0.25, -0.2) is 22.6 Å². The predicted molar refractivity (Wildman–Crippen MR) is 132 cm³/mol. The van der Waals surface area contributed by atoms with Crippen molar-refractivity contribution in [1.29, 1.82) is 0 Å². The van der Waals surface area contributed by atoms with Gasteiger partial charge in [-0.1, -0.05) is 12.1 Å². The first kappa shape index (κ1) is 24.2. The van der Waals surface area contributed by atoms with Crippen molar-refractivity contribution in [2.75, 3.05) is 38.3 Å². The Balaban J connectivity index is 1.44. The molecule has 1 spiro atoms. The maximum atomic E-state index is 14.1. The van der Waals surface area contributed by atoms with Crippen LogP contribution in [0.4, 0.5) is 15.0 Å². The molecule has 2 heterocycles. The molecule has 0 atom stereocenters. The summed E-state index contributed by atoms with van der Waals surface area (Å²) in [6, 6.07) is 9.98. The SMILES string of the molecule is CN(C)C1(c2cccc(F)c2)CCC2(CC1)CN(c1ccc(S(C)(=O)=O)cn1)C(=O)N2CC1CC1. The van der Waals surface area contributed by atoms with Gasteiger partial charge in [-0.15, -0.1) is 0 Å². The molecule has 1 aromatic carbocycles. The summed E-state index contributed by atoms with van der Waals surface area (Å²) in [5.74, 6) is 0.792. The number of halogens is 1. The lowest BCUT2D eigenvalue weighted by atomic mass is 9.68. The lowest BCUT2D eigenvalue weighted by Crippen LogP contribution is -2.55. The number of benzene rings is 1. The Kier molecular flexibility index (Phi) is 5.91. The average molecular weight is 501 g/mol. The van der Waals surface area contributed by atoms with Crippen molar-refractivity contribution >= 4 is 21.7 Å². The highest BCUT2D eigenvalue weighted by Crippen LogP contribution is 2.50. The molecule has 35 heavy (non-hydrogen) atoms. The van der Waals surface area contributed by atoms with Gasteiger partial charge in [-0.2, -0.15) is 0 Å². The number of anilines is 1. The van der Waals surface area contributed by atoms with E-state index < -0.39 is 9.84 Å². The molecule has 0 radical (unpaired) electrons. The highest BCUT2D eigenvalue weighted by Gasteiger charge is 2.55. The molecule has 2 aliphatic carbocycles. The number of carbonyl (C=O) groups is 1. The van der Waals surface area contributed by atoms with Crippen LogP contribution in [0, 0.1) is 11.7 Å². The van der Waals surface area contributed by atoms with Crippen LogP contribution >= 0.6 is 0 Å². The van der Waals surface area contributed by atoms with Gasteiger partial charge in [0, 0.05) is 24.5 Å². The summed E-state index contributed by atoms with van der Waals surface area (Å²) in [6.45, 7) is 1.27. The molecule has 2 saturated carbocycles. The van der Waals surface area contributed by atoms with Crippen LogP contribution in [-0.2, 0) is 15.4 Å². The molecule has 7 nitrogen and oxygen atoms in total. The molecule has 0 bridgehead atoms. The number of carbonyl (C=O) groups excluding carboxylic acids is 1. The van der Waals surface area contributed by atoms with E-state index in [1.165, 1.54) is 18.3 Å². The first-order valence-corrected chi connectivity index (χ1v) is 14.1. The summed E-state index contributed by atoms with van der Waals surface area (Å²) in [4.78, 5) is 24.1. The monoisotopic (exact) mass is 500 g/mol. The van der Waals surface area contributed by atoms with Crippen LogP contribution in [0.25, 0.3) is 0 Å². The summed E-state index contributed by atoms with van der Waals surface area (Å²) in [5, 5.41) is 0. The number of amides is 2. The molecule has 0 N–H and O–H groups in total. The first-order chi connectivity index (χ1) is 16.5. The molecule has 1 aliphatic heterocycles. The van der Waals surface area contributed by atoms with E-state index >= 15 is 0 Å². The number of pyridine rings is 1. The Hall–Kier alpha value is -2.52. The van der Waals surface area contributed by atoms with Gasteiger partial charge in [-0.05, 0) is 88.4 Å². The minimum Gasteiger partial charge on any atom is -0.317 e. The Morgan fingerprint density at radius 1 is 1.11 bits per heavy atom. The molecular weight excluding hydrogens is 467 g/mol. The standard InChI is InChI=1S/C26H33FN4O3S/c1-29(2)26(20-5-4-6-21(27)15-20)13-11-25(12-14-26)18-30(24(32)31(25)17-19-7-8-19)23-10-9-22(16-28-23)35(3,33)34/h4-6,9-10,15-16,19H,7-8,11-14,17-18H2,1-3H3. The van der Waals surface area contributed by atoms with Crippen molar-refractivity contribution < 1.29 is 17.6 Å². The summed E-state index contributed by atoms with van der Waals surface area (Å²) in [6.07, 6.45) is 8.00. The first-order valence-electron chi connectivity index (χ1n) is 12.2. The predicted octanol–water partition coefficient (Wildman–Crippen LogP) is 4.05. The zero-order valence-electron chi connectivity index (χ0n) is 20.6. The van der Waals surface area contributed by atoms with Crippen LogP contribution in [-0.4, -0.2) is 68.2 Å². The fourth-order valence-electron chi connectivity index (χ4n) is 5.89. The van der Waals surface area contributed by atoms with Crippen LogP contribution in [0.3, 0.4) is 0 Å². The third-order valence-corrected chi connectivity index (χ3v) is 9.37. The fraction of sp³-hybridized carbons (Fsp3) is 0.538. The largest absolute Gasteiger partial charge is 0.326 e. The number of sulfone groups is 1. The zero-order chi connectivity index (χ0) is 25.0. The van der Waals surface area contributed by atoms with E-state index in [9.17, 15) is 17.6 Å². The van der Waals surface area contributed by atoms with Crippen molar-refractivity contribution in [1.82, 2.24) is 14.8 Å². The van der Waals surface area contributed by atoms with E-state index in [0.29, 0.717) is 18.3 Å². The highest BCUT2D eigenvalue weighted by atomic mass is 32.2. The van der Waals surface area contributed by atoms with Gasteiger partial charge >= 0.3 is 6.03 Å². The van der Waals surface area contributed by atoms with E-state index in [2.05, 4.69) is 14.8 Å². The van der Waals surface area contributed by atoms with Gasteiger partial charge < -0.3 is 4.90 Å². The maximum Gasteiger partial charge on any atom is 0.326 e. The molecule has 2 amide bonds. The third-order valence-electron chi connectivity index (χ3n) is 8.28. The van der Waals surface area contributed by atoms with Crippen LogP contribution in [0.1, 0.15) is 44.1 Å². The Morgan fingerprint density at radius 2 is 1.83 bits per heavy atom. The average Bonchev–Trinajstić information content (AvgIpc) is 3.60. The smallest absolute Gasteiger partial charge is 0.317 e. The molecule has 9 heteroatoms. The van der Waals surface area contributed by atoms with E-state index in [1.807, 2.05) is 20.2 Å². The van der Waals surface area contributed by atoms with Gasteiger partial charge in [0.2, 0.25) is 0 Å². The number of nitrogens with zero attached hydrogens (tertiary/aromatic N) is 4. The molecule has 2 aromatic rings. The van der Waals surface area contributed by atoms with Crippen LogP contribution in [0.5, 0.6) is 0 Å². The number of rotatable bonds is 6. The van der Waals surface area contributed by atoms with Gasteiger partial charge in [0.1, 0.15) is 11.6 Å². The maximum absolute atomic E-state index is 14.1. The molecular formula is C26H33FN4O3S. The molecule has 1 saturated heterocycles. The lowest BCUT2D eigenvalue weighted by Gasteiger charge is -2.51. The minimum atomic E-state index is -3.36. The van der Waals surface area contributed by atoms with Crippen molar-refractivity contribution in [2.24, 2.45) is 5.92 Å². The Labute approximate surface area is 206 Å². The molecule has 5 rings (SSSR count). The van der Waals surface area contributed by atoms with Crippen molar-refractivity contribution in [3.8, 4) is 0 Å². The number of hydrogen-bond donors (Lipinski definition) is 0. The number of urea groups is 1. The highest BCUT2D eigenvalue weighted by molar-refractivity contribution is 7.90. The minimum absolute atomic E-state index is 0.0559. The Bertz CT molecular complexity index is 1220. The second-order valence-corrected chi connectivity index (χ2v) is 12.7. The van der Waals surface area contributed by atoms with E-state index in [0.717, 1.165) is 56.9 Å². The fourth-order valence-corrected chi connectivity index (χ4v) is 6.45. The van der Waals surface area contributed by atoms with E-state index in [-0.39, 0.29) is 27.8 Å². The van der Waals surface area contributed by atoms with E-state index in [1.54, 1.807) is 23.1 Å². The summed E-state index contributed by atoms with van der Waals surface area (Å²) in [7, 11) is 0.731. The quantitative estimate of drug-likeness (QED) is 0.598. The van der Waals surface area contributed by atoms with E-state index in [4.69, 9.17) is 0 Å². The van der Waals surface area contributed by atoms with Crippen molar-refractivity contribution in [3.63, 3.8) is 0 Å².